The van der Waals surface area contributed by atoms with Gasteiger partial charge in [0.1, 0.15) is 5.52 Å². The van der Waals surface area contributed by atoms with Crippen molar-refractivity contribution in [2.45, 2.75) is 6.04 Å². The van der Waals surface area contributed by atoms with E-state index in [9.17, 15) is 0 Å². The zero-order chi connectivity index (χ0) is 16.2. The minimum absolute atomic E-state index is 0.269. The molecule has 0 bridgehead atoms. The highest BCUT2D eigenvalue weighted by molar-refractivity contribution is 5.74. The van der Waals surface area contributed by atoms with Crippen molar-refractivity contribution in [3.05, 3.63) is 60.2 Å². The van der Waals surface area contributed by atoms with Gasteiger partial charge in [0, 0.05) is 19.6 Å². The molecule has 0 spiro atoms. The fourth-order valence-electron chi connectivity index (χ4n) is 3.15. The molecule has 2 aromatic carbocycles. The van der Waals surface area contributed by atoms with Crippen LogP contribution in [-0.2, 0) is 4.74 Å². The highest BCUT2D eigenvalue weighted by atomic mass is 16.5. The molecule has 0 radical (unpaired) electrons. The van der Waals surface area contributed by atoms with E-state index >= 15 is 0 Å². The Labute approximate surface area is 141 Å². The first-order valence-electron chi connectivity index (χ1n) is 8.36. The topological polar surface area (TPSA) is 50.5 Å². The van der Waals surface area contributed by atoms with Gasteiger partial charge in [-0.25, -0.2) is 0 Å². The van der Waals surface area contributed by atoms with Crippen LogP contribution in [0, 0.1) is 0 Å². The van der Waals surface area contributed by atoms with Gasteiger partial charge in [0.15, 0.2) is 5.58 Å². The van der Waals surface area contributed by atoms with Crippen LogP contribution in [0.15, 0.2) is 59.0 Å². The minimum atomic E-state index is 0.269. The summed E-state index contributed by atoms with van der Waals surface area (Å²) in [5.74, 6) is 0. The van der Waals surface area contributed by atoms with Crippen molar-refractivity contribution < 1.29 is 9.15 Å². The SMILES string of the molecule is c1ccc([C@H](CNc2nc3ccccc3o2)N2CCOCC2)cc1. The molecule has 24 heavy (non-hydrogen) atoms. The Morgan fingerprint density at radius 1 is 1.00 bits per heavy atom. The van der Waals surface area contributed by atoms with E-state index in [0.717, 1.165) is 43.9 Å². The van der Waals surface area contributed by atoms with E-state index in [1.165, 1.54) is 5.56 Å². The normalized spacial score (nSPS) is 17.0. The molecule has 4 rings (SSSR count). The first-order valence-corrected chi connectivity index (χ1v) is 8.36. The van der Waals surface area contributed by atoms with Gasteiger partial charge < -0.3 is 14.5 Å². The van der Waals surface area contributed by atoms with Crippen LogP contribution in [0.3, 0.4) is 0 Å². The lowest BCUT2D eigenvalue weighted by molar-refractivity contribution is 0.0186. The lowest BCUT2D eigenvalue weighted by Gasteiger charge is -2.34. The lowest BCUT2D eigenvalue weighted by Crippen LogP contribution is -2.41. The molecule has 5 heteroatoms. The Morgan fingerprint density at radius 2 is 1.75 bits per heavy atom. The van der Waals surface area contributed by atoms with Crippen molar-refractivity contribution in [2.75, 3.05) is 38.2 Å². The first kappa shape index (κ1) is 15.2. The van der Waals surface area contributed by atoms with Crippen LogP contribution in [0.5, 0.6) is 0 Å². The Kier molecular flexibility index (Phi) is 4.44. The molecular formula is C19H21N3O2. The smallest absolute Gasteiger partial charge is 0.295 e. The van der Waals surface area contributed by atoms with Gasteiger partial charge in [-0.15, -0.1) is 0 Å². The molecule has 1 saturated heterocycles. The Balaban J connectivity index is 1.52. The second kappa shape index (κ2) is 7.03. The molecule has 1 atom stereocenters. The van der Waals surface area contributed by atoms with E-state index in [1.54, 1.807) is 0 Å². The summed E-state index contributed by atoms with van der Waals surface area (Å²) in [6.45, 7) is 4.19. The largest absolute Gasteiger partial charge is 0.424 e. The number of ether oxygens (including phenoxy) is 1. The fourth-order valence-corrected chi connectivity index (χ4v) is 3.15. The van der Waals surface area contributed by atoms with Gasteiger partial charge >= 0.3 is 0 Å². The summed E-state index contributed by atoms with van der Waals surface area (Å²) in [4.78, 5) is 6.96. The number of morpholine rings is 1. The predicted octanol–water partition coefficient (Wildman–Crippen LogP) is 3.31. The summed E-state index contributed by atoms with van der Waals surface area (Å²) in [6, 6.07) is 19.2. The highest BCUT2D eigenvalue weighted by Gasteiger charge is 2.23. The third kappa shape index (κ3) is 3.27. The molecule has 5 nitrogen and oxygen atoms in total. The van der Waals surface area contributed by atoms with Crippen molar-refractivity contribution in [3.8, 4) is 0 Å². The van der Waals surface area contributed by atoms with Gasteiger partial charge in [-0.3, -0.25) is 4.90 Å². The number of oxazole rings is 1. The number of benzene rings is 2. The van der Waals surface area contributed by atoms with Gasteiger partial charge in [-0.2, -0.15) is 4.98 Å². The molecular weight excluding hydrogens is 302 g/mol. The van der Waals surface area contributed by atoms with Crippen LogP contribution in [0.1, 0.15) is 11.6 Å². The van der Waals surface area contributed by atoms with E-state index in [4.69, 9.17) is 9.15 Å². The summed E-state index contributed by atoms with van der Waals surface area (Å²) in [6.07, 6.45) is 0. The Morgan fingerprint density at radius 3 is 2.54 bits per heavy atom. The molecule has 0 amide bonds. The van der Waals surface area contributed by atoms with Crippen LogP contribution in [-0.4, -0.2) is 42.7 Å². The second-order valence-electron chi connectivity index (χ2n) is 5.94. The number of nitrogens with zero attached hydrogens (tertiary/aromatic N) is 2. The zero-order valence-corrected chi connectivity index (χ0v) is 13.5. The molecule has 0 aliphatic carbocycles. The van der Waals surface area contributed by atoms with Gasteiger partial charge in [0.25, 0.3) is 6.01 Å². The average Bonchev–Trinajstić information content (AvgIpc) is 3.07. The standard InChI is InChI=1S/C19H21N3O2/c1-2-6-15(7-3-1)17(22-10-12-23-13-11-22)14-20-19-21-16-8-4-5-9-18(16)24-19/h1-9,17H,10-14H2,(H,20,21)/t17-/m0/s1. The van der Waals surface area contributed by atoms with E-state index in [-0.39, 0.29) is 6.04 Å². The van der Waals surface area contributed by atoms with E-state index in [2.05, 4.69) is 39.5 Å². The van der Waals surface area contributed by atoms with Gasteiger partial charge in [0.2, 0.25) is 0 Å². The highest BCUT2D eigenvalue weighted by Crippen LogP contribution is 2.24. The Bertz CT molecular complexity index is 748. The number of rotatable bonds is 5. The van der Waals surface area contributed by atoms with Crippen molar-refractivity contribution >= 4 is 17.1 Å². The molecule has 1 aliphatic heterocycles. The quantitative estimate of drug-likeness (QED) is 0.780. The van der Waals surface area contributed by atoms with Gasteiger partial charge in [-0.1, -0.05) is 42.5 Å². The predicted molar refractivity (Wildman–Crippen MR) is 94.1 cm³/mol. The zero-order valence-electron chi connectivity index (χ0n) is 13.5. The van der Waals surface area contributed by atoms with Gasteiger partial charge in [0.05, 0.1) is 19.3 Å². The summed E-state index contributed by atoms with van der Waals surface area (Å²) in [5, 5.41) is 3.37. The number of fused-ring (bicyclic) bond motifs is 1. The van der Waals surface area contributed by atoms with Crippen LogP contribution in [0.25, 0.3) is 11.1 Å². The third-order valence-corrected chi connectivity index (χ3v) is 4.41. The second-order valence-corrected chi connectivity index (χ2v) is 5.94. The third-order valence-electron chi connectivity index (χ3n) is 4.41. The van der Waals surface area contributed by atoms with Crippen molar-refractivity contribution in [1.29, 1.82) is 0 Å². The number of aromatic nitrogens is 1. The molecule has 1 aliphatic rings. The molecule has 1 fully saturated rings. The number of hydrogen-bond donors (Lipinski definition) is 1. The van der Waals surface area contributed by atoms with E-state index in [0.29, 0.717) is 6.01 Å². The average molecular weight is 323 g/mol. The van der Waals surface area contributed by atoms with E-state index in [1.807, 2.05) is 30.3 Å². The number of para-hydroxylation sites is 2. The van der Waals surface area contributed by atoms with Crippen molar-refractivity contribution in [1.82, 2.24) is 9.88 Å². The summed E-state index contributed by atoms with van der Waals surface area (Å²) in [5.41, 5.74) is 2.98. The molecule has 0 saturated carbocycles. The molecule has 0 unspecified atom stereocenters. The maximum atomic E-state index is 5.78. The Hall–Kier alpha value is -2.37. The molecule has 2 heterocycles. The number of nitrogens with one attached hydrogen (secondary N) is 1. The van der Waals surface area contributed by atoms with Gasteiger partial charge in [-0.05, 0) is 17.7 Å². The minimum Gasteiger partial charge on any atom is -0.424 e. The maximum Gasteiger partial charge on any atom is 0.295 e. The molecule has 1 N–H and O–H groups in total. The number of anilines is 1. The van der Waals surface area contributed by atoms with Crippen molar-refractivity contribution in [2.24, 2.45) is 0 Å². The van der Waals surface area contributed by atoms with Crippen LogP contribution >= 0.6 is 0 Å². The summed E-state index contributed by atoms with van der Waals surface area (Å²) in [7, 11) is 0. The van der Waals surface area contributed by atoms with E-state index < -0.39 is 0 Å². The molecule has 1 aromatic heterocycles. The molecule has 3 aromatic rings. The lowest BCUT2D eigenvalue weighted by atomic mass is 10.0. The summed E-state index contributed by atoms with van der Waals surface area (Å²) >= 11 is 0. The van der Waals surface area contributed by atoms with Crippen LogP contribution < -0.4 is 5.32 Å². The van der Waals surface area contributed by atoms with Crippen LogP contribution in [0.2, 0.25) is 0 Å². The monoisotopic (exact) mass is 323 g/mol. The summed E-state index contributed by atoms with van der Waals surface area (Å²) < 4.78 is 11.3. The maximum absolute atomic E-state index is 5.78. The van der Waals surface area contributed by atoms with Crippen molar-refractivity contribution in [3.63, 3.8) is 0 Å². The van der Waals surface area contributed by atoms with Crippen LogP contribution in [0.4, 0.5) is 6.01 Å². The first-order chi connectivity index (χ1) is 11.9. The molecule has 124 valence electrons. The number of hydrogen-bond acceptors (Lipinski definition) is 5. The fraction of sp³-hybridized carbons (Fsp3) is 0.316.